The van der Waals surface area contributed by atoms with Crippen molar-refractivity contribution in [2.45, 2.75) is 33.4 Å². The van der Waals surface area contributed by atoms with Gasteiger partial charge in [-0.25, -0.2) is 8.42 Å². The van der Waals surface area contributed by atoms with Crippen LogP contribution in [-0.2, 0) is 21.4 Å². The Balaban J connectivity index is 2.07. The molecule has 7 nitrogen and oxygen atoms in total. The molecular weight excluding hydrogens is 392 g/mol. The van der Waals surface area contributed by atoms with E-state index in [2.05, 4.69) is 5.32 Å². The SMILES string of the molecule is COc1cc(CNC(=O)CN(c2cccc(C)c2)S(C)(=O)=O)ccc1OC(C)C. The maximum absolute atomic E-state index is 12.4. The maximum Gasteiger partial charge on any atom is 0.241 e. The molecule has 2 rings (SSSR count). The minimum Gasteiger partial charge on any atom is -0.493 e. The third-order valence-corrected chi connectivity index (χ3v) is 5.20. The van der Waals surface area contributed by atoms with Gasteiger partial charge >= 0.3 is 0 Å². The standard InChI is InChI=1S/C21H28N2O5S/c1-15(2)28-19-10-9-17(12-20(19)27-4)13-22-21(24)14-23(29(5,25)26)18-8-6-7-16(3)11-18/h6-12,15H,13-14H2,1-5H3,(H,22,24). The van der Waals surface area contributed by atoms with Crippen LogP contribution in [-0.4, -0.2) is 40.3 Å². The van der Waals surface area contributed by atoms with Crippen molar-refractivity contribution in [1.82, 2.24) is 5.32 Å². The highest BCUT2D eigenvalue weighted by atomic mass is 32.2. The van der Waals surface area contributed by atoms with Crippen LogP contribution in [0, 0.1) is 6.92 Å². The fourth-order valence-corrected chi connectivity index (χ4v) is 3.59. The van der Waals surface area contributed by atoms with E-state index in [0.717, 1.165) is 21.7 Å². The van der Waals surface area contributed by atoms with E-state index in [1.54, 1.807) is 37.4 Å². The van der Waals surface area contributed by atoms with E-state index in [0.29, 0.717) is 17.2 Å². The van der Waals surface area contributed by atoms with Crippen LogP contribution in [0.3, 0.4) is 0 Å². The summed E-state index contributed by atoms with van der Waals surface area (Å²) in [5, 5.41) is 2.76. The average Bonchev–Trinajstić information content (AvgIpc) is 2.63. The van der Waals surface area contributed by atoms with E-state index >= 15 is 0 Å². The Morgan fingerprint density at radius 1 is 1.14 bits per heavy atom. The summed E-state index contributed by atoms with van der Waals surface area (Å²) in [6.45, 7) is 5.66. The van der Waals surface area contributed by atoms with Gasteiger partial charge in [-0.3, -0.25) is 9.10 Å². The highest BCUT2D eigenvalue weighted by molar-refractivity contribution is 7.92. The molecule has 0 fully saturated rings. The Morgan fingerprint density at radius 3 is 2.45 bits per heavy atom. The van der Waals surface area contributed by atoms with Crippen molar-refractivity contribution >= 4 is 21.6 Å². The highest BCUT2D eigenvalue weighted by Gasteiger charge is 2.21. The van der Waals surface area contributed by atoms with Crippen LogP contribution in [0.25, 0.3) is 0 Å². The third kappa shape index (κ3) is 6.67. The molecule has 0 radical (unpaired) electrons. The minimum absolute atomic E-state index is 0.0121. The Morgan fingerprint density at radius 2 is 1.86 bits per heavy atom. The van der Waals surface area contributed by atoms with Gasteiger partial charge in [-0.2, -0.15) is 0 Å². The van der Waals surface area contributed by atoms with Crippen LogP contribution in [0.1, 0.15) is 25.0 Å². The molecule has 0 aliphatic heterocycles. The van der Waals surface area contributed by atoms with Gasteiger partial charge in [-0.1, -0.05) is 18.2 Å². The number of carbonyl (C=O) groups excluding carboxylic acids is 1. The number of rotatable bonds is 9. The smallest absolute Gasteiger partial charge is 0.241 e. The van der Waals surface area contributed by atoms with Crippen LogP contribution in [0.4, 0.5) is 5.69 Å². The molecule has 0 bridgehead atoms. The monoisotopic (exact) mass is 420 g/mol. The topological polar surface area (TPSA) is 84.9 Å². The van der Waals surface area contributed by atoms with Crippen LogP contribution in [0.5, 0.6) is 11.5 Å². The summed E-state index contributed by atoms with van der Waals surface area (Å²) >= 11 is 0. The van der Waals surface area contributed by atoms with E-state index in [-0.39, 0.29) is 19.2 Å². The molecule has 0 unspecified atom stereocenters. The van der Waals surface area contributed by atoms with Gasteiger partial charge in [0.15, 0.2) is 11.5 Å². The lowest BCUT2D eigenvalue weighted by Crippen LogP contribution is -2.40. The normalized spacial score (nSPS) is 11.2. The van der Waals surface area contributed by atoms with Gasteiger partial charge in [-0.05, 0) is 56.2 Å². The fraction of sp³-hybridized carbons (Fsp3) is 0.381. The van der Waals surface area contributed by atoms with Gasteiger partial charge in [0.25, 0.3) is 0 Å². The number of nitrogens with zero attached hydrogens (tertiary/aromatic N) is 1. The summed E-state index contributed by atoms with van der Waals surface area (Å²) in [5.41, 5.74) is 2.18. The fourth-order valence-electron chi connectivity index (χ4n) is 2.74. The number of ether oxygens (including phenoxy) is 2. The largest absolute Gasteiger partial charge is 0.493 e. The Kier molecular flexibility index (Phi) is 7.50. The molecule has 2 aromatic rings. The van der Waals surface area contributed by atoms with E-state index < -0.39 is 15.9 Å². The number of benzene rings is 2. The molecule has 0 aromatic heterocycles. The van der Waals surface area contributed by atoms with Crippen molar-refractivity contribution in [3.8, 4) is 11.5 Å². The molecule has 2 aromatic carbocycles. The van der Waals surface area contributed by atoms with Gasteiger partial charge in [0.2, 0.25) is 15.9 Å². The first-order chi connectivity index (χ1) is 13.6. The second kappa shape index (κ2) is 9.65. The molecule has 29 heavy (non-hydrogen) atoms. The molecule has 1 amide bonds. The predicted octanol–water partition coefficient (Wildman–Crippen LogP) is 2.87. The number of nitrogens with one attached hydrogen (secondary N) is 1. The van der Waals surface area contributed by atoms with Crippen LogP contribution in [0.2, 0.25) is 0 Å². The first-order valence-electron chi connectivity index (χ1n) is 9.25. The summed E-state index contributed by atoms with van der Waals surface area (Å²) < 4.78 is 36.5. The number of aryl methyl sites for hydroxylation is 1. The van der Waals surface area contributed by atoms with Gasteiger partial charge in [0, 0.05) is 6.54 Å². The number of carbonyl (C=O) groups is 1. The van der Waals surface area contributed by atoms with Crippen LogP contribution >= 0.6 is 0 Å². The Labute approximate surface area is 172 Å². The van der Waals surface area contributed by atoms with Crippen molar-refractivity contribution in [3.63, 3.8) is 0 Å². The Bertz CT molecular complexity index is 957. The summed E-state index contributed by atoms with van der Waals surface area (Å²) in [5.74, 6) is 0.793. The molecule has 0 atom stereocenters. The zero-order valence-corrected chi connectivity index (χ0v) is 18.2. The second-order valence-corrected chi connectivity index (χ2v) is 8.94. The Hall–Kier alpha value is -2.74. The molecule has 0 aliphatic carbocycles. The molecule has 0 saturated carbocycles. The van der Waals surface area contributed by atoms with Crippen molar-refractivity contribution < 1.29 is 22.7 Å². The summed E-state index contributed by atoms with van der Waals surface area (Å²) in [7, 11) is -2.05. The first kappa shape index (κ1) is 22.5. The molecule has 158 valence electrons. The van der Waals surface area contributed by atoms with E-state index in [4.69, 9.17) is 9.47 Å². The predicted molar refractivity (Wildman–Crippen MR) is 114 cm³/mol. The number of hydrogen-bond donors (Lipinski definition) is 1. The molecule has 0 aliphatic rings. The zero-order chi connectivity index (χ0) is 21.6. The quantitative estimate of drug-likeness (QED) is 0.674. The number of hydrogen-bond acceptors (Lipinski definition) is 5. The minimum atomic E-state index is -3.60. The molecule has 0 heterocycles. The molecule has 8 heteroatoms. The lowest BCUT2D eigenvalue weighted by Gasteiger charge is -2.22. The lowest BCUT2D eigenvalue weighted by molar-refractivity contribution is -0.119. The lowest BCUT2D eigenvalue weighted by atomic mass is 10.2. The number of sulfonamides is 1. The van der Waals surface area contributed by atoms with E-state index in [1.807, 2.05) is 32.9 Å². The second-order valence-electron chi connectivity index (χ2n) is 7.04. The summed E-state index contributed by atoms with van der Waals surface area (Å²) in [4.78, 5) is 12.4. The number of amides is 1. The molecule has 0 saturated heterocycles. The van der Waals surface area contributed by atoms with Crippen LogP contribution < -0.4 is 19.1 Å². The molecular formula is C21H28N2O5S. The summed E-state index contributed by atoms with van der Waals surface area (Å²) in [6, 6.07) is 12.4. The maximum atomic E-state index is 12.4. The molecule has 1 N–H and O–H groups in total. The van der Waals surface area contributed by atoms with Gasteiger partial charge in [-0.15, -0.1) is 0 Å². The van der Waals surface area contributed by atoms with Gasteiger partial charge in [0.05, 0.1) is 25.2 Å². The van der Waals surface area contributed by atoms with E-state index in [1.165, 1.54) is 0 Å². The van der Waals surface area contributed by atoms with Crippen molar-refractivity contribution in [2.75, 3.05) is 24.2 Å². The summed E-state index contributed by atoms with van der Waals surface area (Å²) in [6.07, 6.45) is 1.10. The van der Waals surface area contributed by atoms with Crippen LogP contribution in [0.15, 0.2) is 42.5 Å². The van der Waals surface area contributed by atoms with Crippen molar-refractivity contribution in [1.29, 1.82) is 0 Å². The van der Waals surface area contributed by atoms with E-state index in [9.17, 15) is 13.2 Å². The van der Waals surface area contributed by atoms with Gasteiger partial charge < -0.3 is 14.8 Å². The highest BCUT2D eigenvalue weighted by Crippen LogP contribution is 2.29. The first-order valence-corrected chi connectivity index (χ1v) is 11.1. The zero-order valence-electron chi connectivity index (χ0n) is 17.4. The van der Waals surface area contributed by atoms with Crippen molar-refractivity contribution in [3.05, 3.63) is 53.6 Å². The van der Waals surface area contributed by atoms with Crippen molar-refractivity contribution in [2.24, 2.45) is 0 Å². The number of anilines is 1. The third-order valence-electron chi connectivity index (χ3n) is 4.06. The van der Waals surface area contributed by atoms with Gasteiger partial charge in [0.1, 0.15) is 6.54 Å². The number of methoxy groups -OCH3 is 1. The molecule has 0 spiro atoms. The average molecular weight is 421 g/mol.